The molecule has 2 aromatic rings. The van der Waals surface area contributed by atoms with E-state index in [9.17, 15) is 19.5 Å². The zero-order valence-corrected chi connectivity index (χ0v) is 14.4. The first-order valence-electron chi connectivity index (χ1n) is 7.28. The highest BCUT2D eigenvalue weighted by molar-refractivity contribution is 8.18. The van der Waals surface area contributed by atoms with Crippen molar-refractivity contribution in [2.75, 3.05) is 0 Å². The maximum Gasteiger partial charge on any atom is 0.336 e. The van der Waals surface area contributed by atoms with Crippen molar-refractivity contribution in [3.8, 4) is 0 Å². The Balaban J connectivity index is 1.89. The van der Waals surface area contributed by atoms with Gasteiger partial charge >= 0.3 is 5.97 Å². The fourth-order valence-electron chi connectivity index (χ4n) is 2.39. The van der Waals surface area contributed by atoms with Crippen molar-refractivity contribution in [3.63, 3.8) is 0 Å². The molecule has 0 aromatic heterocycles. The SMILES string of the molecule is O=C(O)c1ccccc1/C=C1\SC(=O)N(Cc2ccccc2Cl)C1=O. The lowest BCUT2D eigenvalue weighted by atomic mass is 10.1. The zero-order chi connectivity index (χ0) is 18.0. The number of carboxylic acids is 1. The van der Waals surface area contributed by atoms with Gasteiger partial charge in [0, 0.05) is 5.02 Å². The Morgan fingerprint density at radius 3 is 2.52 bits per heavy atom. The van der Waals surface area contributed by atoms with Crippen LogP contribution in [0.5, 0.6) is 0 Å². The van der Waals surface area contributed by atoms with E-state index in [0.717, 1.165) is 16.7 Å². The molecule has 1 heterocycles. The average Bonchev–Trinajstić information content (AvgIpc) is 2.84. The van der Waals surface area contributed by atoms with Crippen molar-refractivity contribution < 1.29 is 19.5 Å². The van der Waals surface area contributed by atoms with Crippen molar-refractivity contribution in [3.05, 3.63) is 75.1 Å². The van der Waals surface area contributed by atoms with Gasteiger partial charge in [-0.1, -0.05) is 48.0 Å². The highest BCUT2D eigenvalue weighted by atomic mass is 35.5. The molecule has 0 saturated carbocycles. The molecule has 0 atom stereocenters. The second kappa shape index (κ2) is 7.13. The predicted octanol–water partition coefficient (Wildman–Crippen LogP) is 4.27. The number of hydrogen-bond acceptors (Lipinski definition) is 4. The molecule has 0 radical (unpaired) electrons. The predicted molar refractivity (Wildman–Crippen MR) is 96.4 cm³/mol. The number of amides is 2. The molecule has 1 fully saturated rings. The number of nitrogens with zero attached hydrogens (tertiary/aromatic N) is 1. The smallest absolute Gasteiger partial charge is 0.336 e. The van der Waals surface area contributed by atoms with Crippen molar-refractivity contribution >= 4 is 46.6 Å². The molecule has 1 N–H and O–H groups in total. The summed E-state index contributed by atoms with van der Waals surface area (Å²) in [5.41, 5.74) is 1.11. The Labute approximate surface area is 152 Å². The molecule has 3 rings (SSSR count). The van der Waals surface area contributed by atoms with Crippen LogP contribution in [0.4, 0.5) is 4.79 Å². The summed E-state index contributed by atoms with van der Waals surface area (Å²) in [4.78, 5) is 37.3. The normalized spacial score (nSPS) is 15.9. The Morgan fingerprint density at radius 2 is 1.80 bits per heavy atom. The summed E-state index contributed by atoms with van der Waals surface area (Å²) in [5.74, 6) is -1.56. The second-order valence-corrected chi connectivity index (χ2v) is 6.65. The Hall–Kier alpha value is -2.57. The van der Waals surface area contributed by atoms with Gasteiger partial charge in [0.1, 0.15) is 0 Å². The fourth-order valence-corrected chi connectivity index (χ4v) is 3.42. The summed E-state index contributed by atoms with van der Waals surface area (Å²) in [6.45, 7) is 0.0717. The van der Waals surface area contributed by atoms with Crippen molar-refractivity contribution in [2.45, 2.75) is 6.54 Å². The third-order valence-electron chi connectivity index (χ3n) is 3.64. The van der Waals surface area contributed by atoms with Gasteiger partial charge in [-0.2, -0.15) is 0 Å². The van der Waals surface area contributed by atoms with Gasteiger partial charge < -0.3 is 5.11 Å². The Kier molecular flexibility index (Phi) is 4.92. The lowest BCUT2D eigenvalue weighted by Crippen LogP contribution is -2.27. The van der Waals surface area contributed by atoms with Crippen LogP contribution in [-0.4, -0.2) is 27.1 Å². The summed E-state index contributed by atoms with van der Waals surface area (Å²) in [7, 11) is 0. The lowest BCUT2D eigenvalue weighted by molar-refractivity contribution is -0.123. The van der Waals surface area contributed by atoms with Crippen molar-refractivity contribution in [1.82, 2.24) is 4.90 Å². The first-order chi connectivity index (χ1) is 12.0. The number of imide groups is 1. The quantitative estimate of drug-likeness (QED) is 0.810. The number of carbonyl (C=O) groups excluding carboxylic acids is 2. The highest BCUT2D eigenvalue weighted by Crippen LogP contribution is 2.34. The van der Waals surface area contributed by atoms with Gasteiger partial charge in [-0.3, -0.25) is 14.5 Å². The van der Waals surface area contributed by atoms with Crippen LogP contribution in [0.25, 0.3) is 6.08 Å². The van der Waals surface area contributed by atoms with Crippen LogP contribution in [0.1, 0.15) is 21.5 Å². The molecule has 0 spiro atoms. The number of halogens is 1. The summed E-state index contributed by atoms with van der Waals surface area (Å²) in [5, 5.41) is 9.28. The number of rotatable bonds is 4. The van der Waals surface area contributed by atoms with Gasteiger partial charge in [0.15, 0.2) is 0 Å². The Morgan fingerprint density at radius 1 is 1.12 bits per heavy atom. The van der Waals surface area contributed by atoms with Gasteiger partial charge in [0.2, 0.25) is 0 Å². The lowest BCUT2D eigenvalue weighted by Gasteiger charge is -2.13. The zero-order valence-electron chi connectivity index (χ0n) is 12.8. The number of benzene rings is 2. The van der Waals surface area contributed by atoms with E-state index in [1.807, 2.05) is 0 Å². The maximum atomic E-state index is 12.5. The Bertz CT molecular complexity index is 909. The maximum absolute atomic E-state index is 12.5. The van der Waals surface area contributed by atoms with E-state index in [1.54, 1.807) is 42.5 Å². The standard InChI is InChI=1S/C18H12ClNO4S/c19-14-8-4-2-6-12(14)10-20-16(21)15(25-18(20)24)9-11-5-1-3-7-13(11)17(22)23/h1-9H,10H2,(H,22,23)/b15-9-. The molecule has 7 heteroatoms. The minimum atomic E-state index is -1.10. The first-order valence-corrected chi connectivity index (χ1v) is 8.48. The number of carboxylic acid groups (broad SMARTS) is 1. The van der Waals surface area contributed by atoms with Gasteiger partial charge in [-0.25, -0.2) is 4.79 Å². The van der Waals surface area contributed by atoms with Gasteiger partial charge in [-0.05, 0) is 41.1 Å². The minimum Gasteiger partial charge on any atom is -0.478 e. The summed E-state index contributed by atoms with van der Waals surface area (Å²) >= 11 is 6.87. The number of aromatic carboxylic acids is 1. The second-order valence-electron chi connectivity index (χ2n) is 5.25. The molecular weight excluding hydrogens is 362 g/mol. The summed E-state index contributed by atoms with van der Waals surface area (Å²) < 4.78 is 0. The van der Waals surface area contributed by atoms with Crippen LogP contribution in [0.2, 0.25) is 5.02 Å². The van der Waals surface area contributed by atoms with Crippen LogP contribution in [0.3, 0.4) is 0 Å². The number of hydrogen-bond donors (Lipinski definition) is 1. The van der Waals surface area contributed by atoms with Crippen LogP contribution in [0.15, 0.2) is 53.4 Å². The minimum absolute atomic E-state index is 0.0698. The van der Waals surface area contributed by atoms with Gasteiger partial charge in [-0.15, -0.1) is 0 Å². The average molecular weight is 374 g/mol. The molecule has 1 aliphatic rings. The van der Waals surface area contributed by atoms with Crippen LogP contribution in [-0.2, 0) is 11.3 Å². The van der Waals surface area contributed by atoms with Crippen molar-refractivity contribution in [2.24, 2.45) is 0 Å². The highest BCUT2D eigenvalue weighted by Gasteiger charge is 2.35. The van der Waals surface area contributed by atoms with E-state index in [1.165, 1.54) is 12.1 Å². The van der Waals surface area contributed by atoms with E-state index < -0.39 is 17.1 Å². The summed E-state index contributed by atoms with van der Waals surface area (Å²) in [6, 6.07) is 13.3. The molecule has 0 aliphatic carbocycles. The summed E-state index contributed by atoms with van der Waals surface area (Å²) in [6.07, 6.45) is 1.43. The van der Waals surface area contributed by atoms with E-state index in [2.05, 4.69) is 0 Å². The molecule has 1 saturated heterocycles. The molecule has 0 bridgehead atoms. The number of carbonyl (C=O) groups is 3. The van der Waals surface area contributed by atoms with E-state index >= 15 is 0 Å². The molecule has 1 aliphatic heterocycles. The van der Waals surface area contributed by atoms with Crippen LogP contribution in [0, 0.1) is 0 Å². The number of thioether (sulfide) groups is 1. The molecule has 126 valence electrons. The largest absolute Gasteiger partial charge is 0.478 e. The molecule has 2 amide bonds. The van der Waals surface area contributed by atoms with Crippen LogP contribution >= 0.6 is 23.4 Å². The third kappa shape index (κ3) is 3.60. The monoisotopic (exact) mass is 373 g/mol. The third-order valence-corrected chi connectivity index (χ3v) is 4.91. The van der Waals surface area contributed by atoms with E-state index in [0.29, 0.717) is 16.1 Å². The molecule has 0 unspecified atom stereocenters. The first kappa shape index (κ1) is 17.3. The van der Waals surface area contributed by atoms with Crippen molar-refractivity contribution in [1.29, 1.82) is 0 Å². The van der Waals surface area contributed by atoms with Gasteiger partial charge in [0.05, 0.1) is 17.0 Å². The van der Waals surface area contributed by atoms with E-state index in [4.69, 9.17) is 11.6 Å². The van der Waals surface area contributed by atoms with E-state index in [-0.39, 0.29) is 17.0 Å². The molecular formula is C18H12ClNO4S. The molecule has 5 nitrogen and oxygen atoms in total. The fraction of sp³-hybridized carbons (Fsp3) is 0.0556. The van der Waals surface area contributed by atoms with Gasteiger partial charge in [0.25, 0.3) is 11.1 Å². The molecule has 2 aromatic carbocycles. The topological polar surface area (TPSA) is 74.7 Å². The van der Waals surface area contributed by atoms with Crippen LogP contribution < -0.4 is 0 Å². The molecule has 25 heavy (non-hydrogen) atoms.